The first-order valence-corrected chi connectivity index (χ1v) is 7.32. The Kier molecular flexibility index (Phi) is 4.24. The molecule has 22 heavy (non-hydrogen) atoms. The summed E-state index contributed by atoms with van der Waals surface area (Å²) in [7, 11) is 0. The van der Waals surface area contributed by atoms with Gasteiger partial charge in [-0.05, 0) is 24.3 Å². The summed E-state index contributed by atoms with van der Waals surface area (Å²) < 4.78 is 18.2. The van der Waals surface area contributed by atoms with Gasteiger partial charge in [0.1, 0.15) is 5.82 Å². The van der Waals surface area contributed by atoms with E-state index in [9.17, 15) is 14.0 Å². The molecule has 2 saturated heterocycles. The smallest absolute Gasteiger partial charge is 0.317 e. The van der Waals surface area contributed by atoms with E-state index in [0.29, 0.717) is 38.5 Å². The Labute approximate surface area is 127 Å². The number of hydrogen-bond donors (Lipinski definition) is 1. The van der Waals surface area contributed by atoms with Gasteiger partial charge in [-0.1, -0.05) is 0 Å². The van der Waals surface area contributed by atoms with Crippen LogP contribution in [0.4, 0.5) is 14.9 Å². The third-order valence-electron chi connectivity index (χ3n) is 3.89. The maximum atomic E-state index is 12.9. The average Bonchev–Trinajstić information content (AvgIpc) is 2.89. The Morgan fingerprint density at radius 1 is 1.23 bits per heavy atom. The summed E-state index contributed by atoms with van der Waals surface area (Å²) in [5.74, 6) is -0.411. The molecular formula is C15H18FN3O3. The average molecular weight is 307 g/mol. The van der Waals surface area contributed by atoms with Gasteiger partial charge < -0.3 is 19.9 Å². The van der Waals surface area contributed by atoms with E-state index >= 15 is 0 Å². The van der Waals surface area contributed by atoms with Crippen LogP contribution in [0.15, 0.2) is 24.3 Å². The fourth-order valence-corrected chi connectivity index (χ4v) is 2.71. The zero-order valence-corrected chi connectivity index (χ0v) is 12.1. The summed E-state index contributed by atoms with van der Waals surface area (Å²) in [6.07, 6.45) is 0.257. The van der Waals surface area contributed by atoms with Crippen LogP contribution in [0.3, 0.4) is 0 Å². The van der Waals surface area contributed by atoms with Gasteiger partial charge in [0, 0.05) is 31.7 Å². The first kappa shape index (κ1) is 14.8. The second-order valence-corrected chi connectivity index (χ2v) is 5.43. The minimum Gasteiger partial charge on any atom is -0.378 e. The summed E-state index contributed by atoms with van der Waals surface area (Å²) >= 11 is 0. The van der Waals surface area contributed by atoms with Crippen molar-refractivity contribution in [1.82, 2.24) is 10.2 Å². The summed E-state index contributed by atoms with van der Waals surface area (Å²) in [6, 6.07) is 5.39. The Morgan fingerprint density at radius 3 is 2.59 bits per heavy atom. The topological polar surface area (TPSA) is 61.9 Å². The fraction of sp³-hybridized carbons (Fsp3) is 0.467. The highest BCUT2D eigenvalue weighted by atomic mass is 19.1. The van der Waals surface area contributed by atoms with Gasteiger partial charge in [0.25, 0.3) is 0 Å². The van der Waals surface area contributed by atoms with Crippen molar-refractivity contribution >= 4 is 17.6 Å². The van der Waals surface area contributed by atoms with Crippen LogP contribution in [-0.2, 0) is 9.53 Å². The molecule has 3 amide bonds. The number of nitrogens with one attached hydrogen (secondary N) is 1. The largest absolute Gasteiger partial charge is 0.378 e. The van der Waals surface area contributed by atoms with Gasteiger partial charge in [0.15, 0.2) is 0 Å². The SMILES string of the molecule is O=C(NC1CC(=O)N(c2ccc(F)cc2)C1)N1CCOCC1. The zero-order valence-electron chi connectivity index (χ0n) is 12.1. The highest BCUT2D eigenvalue weighted by Crippen LogP contribution is 2.22. The lowest BCUT2D eigenvalue weighted by Crippen LogP contribution is -2.49. The second-order valence-electron chi connectivity index (χ2n) is 5.43. The monoisotopic (exact) mass is 307 g/mol. The molecule has 1 aromatic rings. The molecule has 2 aliphatic heterocycles. The van der Waals surface area contributed by atoms with Crippen molar-refractivity contribution in [2.75, 3.05) is 37.7 Å². The molecule has 0 saturated carbocycles. The lowest BCUT2D eigenvalue weighted by atomic mass is 10.2. The van der Waals surface area contributed by atoms with Crippen molar-refractivity contribution in [2.45, 2.75) is 12.5 Å². The van der Waals surface area contributed by atoms with Crippen LogP contribution in [0.25, 0.3) is 0 Å². The molecule has 1 aromatic carbocycles. The van der Waals surface area contributed by atoms with E-state index in [2.05, 4.69) is 5.32 Å². The molecular weight excluding hydrogens is 289 g/mol. The van der Waals surface area contributed by atoms with Crippen molar-refractivity contribution in [1.29, 1.82) is 0 Å². The number of benzene rings is 1. The predicted octanol–water partition coefficient (Wildman–Crippen LogP) is 0.973. The van der Waals surface area contributed by atoms with E-state index in [0.717, 1.165) is 0 Å². The van der Waals surface area contributed by atoms with Crippen LogP contribution in [0, 0.1) is 5.82 Å². The molecule has 118 valence electrons. The first-order chi connectivity index (χ1) is 10.6. The fourth-order valence-electron chi connectivity index (χ4n) is 2.71. The lowest BCUT2D eigenvalue weighted by molar-refractivity contribution is -0.117. The van der Waals surface area contributed by atoms with Crippen molar-refractivity contribution in [3.8, 4) is 0 Å². The number of amides is 3. The molecule has 0 aromatic heterocycles. The van der Waals surface area contributed by atoms with Gasteiger partial charge in [0.2, 0.25) is 5.91 Å². The lowest BCUT2D eigenvalue weighted by Gasteiger charge is -2.28. The van der Waals surface area contributed by atoms with Gasteiger partial charge in [-0.3, -0.25) is 4.79 Å². The number of ether oxygens (including phenoxy) is 1. The predicted molar refractivity (Wildman–Crippen MR) is 78.1 cm³/mol. The normalized spacial score (nSPS) is 22.0. The van der Waals surface area contributed by atoms with Gasteiger partial charge >= 0.3 is 6.03 Å². The number of anilines is 1. The second kappa shape index (κ2) is 6.31. The maximum absolute atomic E-state index is 12.9. The van der Waals surface area contributed by atoms with E-state index in [4.69, 9.17) is 4.74 Å². The van der Waals surface area contributed by atoms with Crippen LogP contribution in [-0.4, -0.2) is 55.7 Å². The van der Waals surface area contributed by atoms with Crippen LogP contribution < -0.4 is 10.2 Å². The molecule has 0 spiro atoms. The first-order valence-electron chi connectivity index (χ1n) is 7.32. The number of hydrogen-bond acceptors (Lipinski definition) is 3. The molecule has 7 heteroatoms. The summed E-state index contributed by atoms with van der Waals surface area (Å²) in [4.78, 5) is 27.5. The zero-order chi connectivity index (χ0) is 15.5. The molecule has 3 rings (SSSR count). The number of urea groups is 1. The summed E-state index contributed by atoms with van der Waals surface area (Å²) in [6.45, 7) is 2.61. The van der Waals surface area contributed by atoms with Crippen LogP contribution >= 0.6 is 0 Å². The Hall–Kier alpha value is -2.15. The molecule has 2 fully saturated rings. The Morgan fingerprint density at radius 2 is 1.91 bits per heavy atom. The van der Waals surface area contributed by atoms with Crippen LogP contribution in [0.5, 0.6) is 0 Å². The minimum absolute atomic E-state index is 0.0705. The van der Waals surface area contributed by atoms with Crippen LogP contribution in [0.2, 0.25) is 0 Å². The van der Waals surface area contributed by atoms with E-state index in [1.54, 1.807) is 21.9 Å². The third kappa shape index (κ3) is 3.19. The molecule has 0 radical (unpaired) electrons. The van der Waals surface area contributed by atoms with Crippen molar-refractivity contribution in [2.24, 2.45) is 0 Å². The molecule has 0 aliphatic carbocycles. The van der Waals surface area contributed by atoms with E-state index in [-0.39, 0.29) is 30.2 Å². The summed E-state index contributed by atoms with van der Waals surface area (Å²) in [5.41, 5.74) is 0.648. The number of carbonyl (C=O) groups excluding carboxylic acids is 2. The quantitative estimate of drug-likeness (QED) is 0.886. The minimum atomic E-state index is -0.340. The van der Waals surface area contributed by atoms with Gasteiger partial charge in [-0.2, -0.15) is 0 Å². The third-order valence-corrected chi connectivity index (χ3v) is 3.89. The molecule has 0 bridgehead atoms. The van der Waals surface area contributed by atoms with Gasteiger partial charge in [-0.25, -0.2) is 9.18 Å². The van der Waals surface area contributed by atoms with E-state index in [1.165, 1.54) is 12.1 Å². The highest BCUT2D eigenvalue weighted by Gasteiger charge is 2.32. The molecule has 1 unspecified atom stereocenters. The number of nitrogens with zero attached hydrogens (tertiary/aromatic N) is 2. The molecule has 1 N–H and O–H groups in total. The molecule has 2 aliphatic rings. The number of morpholine rings is 1. The number of carbonyl (C=O) groups is 2. The summed E-state index contributed by atoms with van der Waals surface area (Å²) in [5, 5.41) is 2.88. The Balaban J connectivity index is 1.59. The van der Waals surface area contributed by atoms with E-state index < -0.39 is 0 Å². The van der Waals surface area contributed by atoms with Crippen LogP contribution in [0.1, 0.15) is 6.42 Å². The van der Waals surface area contributed by atoms with Crippen molar-refractivity contribution in [3.63, 3.8) is 0 Å². The highest BCUT2D eigenvalue weighted by molar-refractivity contribution is 5.96. The standard InChI is InChI=1S/C15H18FN3O3/c16-11-1-3-13(4-2-11)19-10-12(9-14(19)20)17-15(21)18-5-7-22-8-6-18/h1-4,12H,5-10H2,(H,17,21). The van der Waals surface area contributed by atoms with Crippen molar-refractivity contribution < 1.29 is 18.7 Å². The number of rotatable bonds is 2. The Bertz CT molecular complexity index is 558. The maximum Gasteiger partial charge on any atom is 0.317 e. The molecule has 6 nitrogen and oxygen atoms in total. The van der Waals surface area contributed by atoms with E-state index in [1.807, 2.05) is 0 Å². The van der Waals surface area contributed by atoms with Gasteiger partial charge in [0.05, 0.1) is 19.3 Å². The molecule has 2 heterocycles. The molecule has 1 atom stereocenters. The number of halogens is 1. The van der Waals surface area contributed by atoms with Crippen molar-refractivity contribution in [3.05, 3.63) is 30.1 Å². The van der Waals surface area contributed by atoms with Gasteiger partial charge in [-0.15, -0.1) is 0 Å².